The van der Waals surface area contributed by atoms with Crippen molar-refractivity contribution in [2.45, 2.75) is 19.0 Å². The summed E-state index contributed by atoms with van der Waals surface area (Å²) in [5.41, 5.74) is 4.19. The van der Waals surface area contributed by atoms with Crippen LogP contribution < -0.4 is 16.1 Å². The van der Waals surface area contributed by atoms with Crippen LogP contribution in [0.25, 0.3) is 10.9 Å². The molecule has 7 nitrogen and oxygen atoms in total. The number of hydrogen-bond donors (Lipinski definition) is 2. The molecular formula is C18H20ClF2N3O4. The number of halogens is 3. The minimum atomic E-state index is -1.44. The molecule has 2 saturated heterocycles. The van der Waals surface area contributed by atoms with Gasteiger partial charge in [-0.25, -0.2) is 13.6 Å². The highest BCUT2D eigenvalue weighted by molar-refractivity contribution is 5.94. The summed E-state index contributed by atoms with van der Waals surface area (Å²) in [5.74, 6) is -3.17. The number of carboxylic acid groups (broad SMARTS) is 1. The van der Waals surface area contributed by atoms with Crippen LogP contribution in [-0.2, 0) is 4.74 Å². The molecule has 0 radical (unpaired) electrons. The van der Waals surface area contributed by atoms with Crippen molar-refractivity contribution >= 4 is 35.0 Å². The summed E-state index contributed by atoms with van der Waals surface area (Å²) in [6.45, 7) is 3.11. The molecule has 10 heteroatoms. The summed E-state index contributed by atoms with van der Waals surface area (Å²) < 4.78 is 36.7. The second-order valence-corrected chi connectivity index (χ2v) is 7.24. The summed E-state index contributed by atoms with van der Waals surface area (Å²) in [7, 11) is 0. The number of benzene rings is 1. The first-order chi connectivity index (χ1) is 12.8. The van der Waals surface area contributed by atoms with Crippen molar-refractivity contribution in [2.24, 2.45) is 11.7 Å². The number of carboxylic acids is 1. The number of fused-ring (bicyclic) bond motifs is 1. The van der Waals surface area contributed by atoms with E-state index >= 15 is 4.39 Å². The molecule has 0 aliphatic carbocycles. The fourth-order valence-electron chi connectivity index (χ4n) is 3.72. The number of nitrogens with two attached hydrogens (primary N) is 1. The Kier molecular flexibility index (Phi) is 5.35. The lowest BCUT2D eigenvalue weighted by Gasteiger charge is -2.31. The number of pyridine rings is 1. The van der Waals surface area contributed by atoms with Crippen LogP contribution in [0.5, 0.6) is 0 Å². The van der Waals surface area contributed by atoms with Crippen LogP contribution in [-0.4, -0.2) is 48.0 Å². The van der Waals surface area contributed by atoms with Gasteiger partial charge in [-0.05, 0) is 12.0 Å². The molecule has 0 spiro atoms. The van der Waals surface area contributed by atoms with Gasteiger partial charge in [-0.3, -0.25) is 4.79 Å². The van der Waals surface area contributed by atoms with Gasteiger partial charge in [0.1, 0.15) is 17.1 Å². The first kappa shape index (κ1) is 20.5. The van der Waals surface area contributed by atoms with E-state index in [0.717, 1.165) is 12.3 Å². The lowest BCUT2D eigenvalue weighted by Crippen LogP contribution is -2.34. The summed E-state index contributed by atoms with van der Waals surface area (Å²) in [6.07, 6.45) is 1.11. The Balaban J connectivity index is 0.00000225. The molecule has 2 unspecified atom stereocenters. The van der Waals surface area contributed by atoms with Crippen LogP contribution in [0.3, 0.4) is 0 Å². The smallest absolute Gasteiger partial charge is 0.341 e. The standard InChI is InChI=1S/C18H19F2N3O4.ClH/c1-8-3-22(5-13(8)21)16-12(19)2-10-15(14(16)20)23(9-6-27-7-9)4-11(17(10)24)18(25)26;/h2,4,8-9,13H,3,5-7,21H2,1H3,(H,25,26);1H. The molecule has 1 aromatic heterocycles. The number of aromatic carboxylic acids is 1. The molecule has 2 atom stereocenters. The zero-order valence-electron chi connectivity index (χ0n) is 15.0. The Bertz CT molecular complexity index is 999. The van der Waals surface area contributed by atoms with Gasteiger partial charge in [0.25, 0.3) is 0 Å². The lowest BCUT2D eigenvalue weighted by molar-refractivity contribution is -0.0219. The molecule has 0 saturated carbocycles. The van der Waals surface area contributed by atoms with Gasteiger partial charge in [0.05, 0.1) is 30.2 Å². The Morgan fingerprint density at radius 1 is 1.32 bits per heavy atom. The van der Waals surface area contributed by atoms with E-state index in [4.69, 9.17) is 10.5 Å². The Morgan fingerprint density at radius 3 is 2.50 bits per heavy atom. The molecule has 3 heterocycles. The molecular weight excluding hydrogens is 396 g/mol. The second kappa shape index (κ2) is 7.31. The summed E-state index contributed by atoms with van der Waals surface area (Å²) >= 11 is 0. The normalized spacial score (nSPS) is 22.2. The molecule has 28 heavy (non-hydrogen) atoms. The minimum Gasteiger partial charge on any atom is -0.477 e. The average molecular weight is 416 g/mol. The average Bonchev–Trinajstić information content (AvgIpc) is 2.86. The maximum absolute atomic E-state index is 15.5. The van der Waals surface area contributed by atoms with E-state index in [1.54, 1.807) is 0 Å². The Labute approximate surface area is 165 Å². The lowest BCUT2D eigenvalue weighted by atomic mass is 10.1. The van der Waals surface area contributed by atoms with E-state index in [0.29, 0.717) is 13.1 Å². The second-order valence-electron chi connectivity index (χ2n) is 7.24. The first-order valence-corrected chi connectivity index (χ1v) is 8.68. The van der Waals surface area contributed by atoms with Gasteiger partial charge in [-0.15, -0.1) is 12.4 Å². The number of anilines is 1. The Morgan fingerprint density at radius 2 is 2.00 bits per heavy atom. The van der Waals surface area contributed by atoms with Gasteiger partial charge in [0.2, 0.25) is 5.43 Å². The molecule has 2 aliphatic heterocycles. The molecule has 1 aromatic carbocycles. The summed E-state index contributed by atoms with van der Waals surface area (Å²) in [4.78, 5) is 25.4. The van der Waals surface area contributed by atoms with E-state index in [1.165, 1.54) is 9.47 Å². The van der Waals surface area contributed by atoms with Crippen molar-refractivity contribution in [3.8, 4) is 0 Å². The van der Waals surface area contributed by atoms with Crippen molar-refractivity contribution in [2.75, 3.05) is 31.2 Å². The van der Waals surface area contributed by atoms with E-state index < -0.39 is 28.6 Å². The van der Waals surface area contributed by atoms with Crippen LogP contribution in [0.4, 0.5) is 14.5 Å². The van der Waals surface area contributed by atoms with Crippen molar-refractivity contribution < 1.29 is 23.4 Å². The predicted molar refractivity (Wildman–Crippen MR) is 102 cm³/mol. The van der Waals surface area contributed by atoms with Gasteiger partial charge in [-0.1, -0.05) is 6.92 Å². The molecule has 2 aromatic rings. The topological polar surface area (TPSA) is 97.8 Å². The number of ether oxygens (including phenoxy) is 1. The number of hydrogen-bond acceptors (Lipinski definition) is 5. The number of nitrogens with zero attached hydrogens (tertiary/aromatic N) is 2. The fourth-order valence-corrected chi connectivity index (χ4v) is 3.72. The highest BCUT2D eigenvalue weighted by atomic mass is 35.5. The third-order valence-electron chi connectivity index (χ3n) is 5.41. The zero-order valence-corrected chi connectivity index (χ0v) is 15.8. The fraction of sp³-hybridized carbons (Fsp3) is 0.444. The third kappa shape index (κ3) is 3.03. The van der Waals surface area contributed by atoms with Crippen molar-refractivity contribution in [1.29, 1.82) is 0 Å². The van der Waals surface area contributed by atoms with Crippen LogP contribution in [0.15, 0.2) is 17.1 Å². The molecule has 0 amide bonds. The molecule has 2 fully saturated rings. The predicted octanol–water partition coefficient (Wildman–Crippen LogP) is 1.75. The van der Waals surface area contributed by atoms with Crippen LogP contribution in [0, 0.1) is 17.6 Å². The number of carbonyl (C=O) groups is 1. The molecule has 2 aliphatic rings. The maximum Gasteiger partial charge on any atom is 0.341 e. The molecule has 152 valence electrons. The van der Waals surface area contributed by atoms with Gasteiger partial charge in [0, 0.05) is 25.3 Å². The van der Waals surface area contributed by atoms with Crippen molar-refractivity contribution in [3.63, 3.8) is 0 Å². The Hall–Kier alpha value is -2.23. The van der Waals surface area contributed by atoms with E-state index in [2.05, 4.69) is 0 Å². The summed E-state index contributed by atoms with van der Waals surface area (Å²) in [6, 6.07) is 0.391. The van der Waals surface area contributed by atoms with E-state index in [-0.39, 0.29) is 60.2 Å². The van der Waals surface area contributed by atoms with Gasteiger partial charge in [0.15, 0.2) is 5.82 Å². The molecule has 4 rings (SSSR count). The van der Waals surface area contributed by atoms with E-state index in [1.807, 2.05) is 6.92 Å². The van der Waals surface area contributed by atoms with Crippen molar-refractivity contribution in [3.05, 3.63) is 39.7 Å². The highest BCUT2D eigenvalue weighted by Crippen LogP contribution is 2.34. The van der Waals surface area contributed by atoms with Crippen LogP contribution >= 0.6 is 12.4 Å². The third-order valence-corrected chi connectivity index (χ3v) is 5.41. The van der Waals surface area contributed by atoms with Crippen LogP contribution in [0.1, 0.15) is 23.3 Å². The largest absolute Gasteiger partial charge is 0.477 e. The van der Waals surface area contributed by atoms with Crippen LogP contribution in [0.2, 0.25) is 0 Å². The minimum absolute atomic E-state index is 0. The first-order valence-electron chi connectivity index (χ1n) is 8.68. The molecule has 0 bridgehead atoms. The summed E-state index contributed by atoms with van der Waals surface area (Å²) in [5, 5.41) is 9.00. The molecule has 3 N–H and O–H groups in total. The van der Waals surface area contributed by atoms with Gasteiger partial charge < -0.3 is 25.0 Å². The van der Waals surface area contributed by atoms with Crippen molar-refractivity contribution in [1.82, 2.24) is 4.57 Å². The van der Waals surface area contributed by atoms with Gasteiger partial charge >= 0.3 is 5.97 Å². The SMILES string of the molecule is CC1CN(c2c(F)cc3c(=O)c(C(=O)O)cn(C4COC4)c3c2F)CC1N.Cl. The number of aromatic nitrogens is 1. The number of rotatable bonds is 3. The highest BCUT2D eigenvalue weighted by Gasteiger charge is 2.33. The van der Waals surface area contributed by atoms with E-state index in [9.17, 15) is 19.1 Å². The maximum atomic E-state index is 15.5. The quantitative estimate of drug-likeness (QED) is 0.792. The zero-order chi connectivity index (χ0) is 19.5. The van der Waals surface area contributed by atoms with Gasteiger partial charge in [-0.2, -0.15) is 0 Å². The monoisotopic (exact) mass is 415 g/mol.